The van der Waals surface area contributed by atoms with Crippen LogP contribution in [0.2, 0.25) is 0 Å². The average molecular weight is 367 g/mol. The van der Waals surface area contributed by atoms with Gasteiger partial charge in [-0.1, -0.05) is 26.0 Å². The molecule has 6 nitrogen and oxygen atoms in total. The SMILES string of the molecule is CCN(CC)CCOCCOCCOCCCc1cccc(C(=O)O)c1. The Morgan fingerprint density at radius 2 is 1.58 bits per heavy atom. The normalized spacial score (nSPS) is 11.2. The van der Waals surface area contributed by atoms with E-state index in [0.29, 0.717) is 38.6 Å². The van der Waals surface area contributed by atoms with E-state index in [9.17, 15) is 4.79 Å². The van der Waals surface area contributed by atoms with Crippen LogP contribution in [0.15, 0.2) is 24.3 Å². The van der Waals surface area contributed by atoms with Gasteiger partial charge in [0.05, 0.1) is 38.6 Å². The van der Waals surface area contributed by atoms with Crippen molar-refractivity contribution in [3.63, 3.8) is 0 Å². The van der Waals surface area contributed by atoms with Gasteiger partial charge in [0.25, 0.3) is 0 Å². The third-order valence-electron chi connectivity index (χ3n) is 4.12. The minimum atomic E-state index is -0.891. The lowest BCUT2D eigenvalue weighted by Crippen LogP contribution is -2.27. The first kappa shape index (κ1) is 22.6. The molecule has 0 unspecified atom stereocenters. The molecule has 0 fully saturated rings. The second kappa shape index (κ2) is 14.7. The average Bonchev–Trinajstić information content (AvgIpc) is 2.66. The summed E-state index contributed by atoms with van der Waals surface area (Å²) in [5.41, 5.74) is 1.35. The maximum absolute atomic E-state index is 10.9. The number of aromatic carboxylic acids is 1. The number of benzene rings is 1. The molecule has 0 aliphatic carbocycles. The molecule has 1 aromatic carbocycles. The summed E-state index contributed by atoms with van der Waals surface area (Å²) in [5, 5.41) is 8.97. The van der Waals surface area contributed by atoms with Crippen LogP contribution in [0.4, 0.5) is 0 Å². The smallest absolute Gasteiger partial charge is 0.335 e. The number of carboxylic acids is 1. The molecule has 0 heterocycles. The summed E-state index contributed by atoms with van der Waals surface area (Å²) in [6.45, 7) is 11.1. The second-order valence-electron chi connectivity index (χ2n) is 5.97. The standard InChI is InChI=1S/C20H33NO5/c1-3-21(4-2)10-12-25-14-16-26-15-13-24-11-6-8-18-7-5-9-19(17-18)20(22)23/h5,7,9,17H,3-4,6,8,10-16H2,1-2H3,(H,22,23). The first-order chi connectivity index (χ1) is 12.7. The molecule has 1 rings (SSSR count). The van der Waals surface area contributed by atoms with Crippen molar-refractivity contribution in [3.8, 4) is 0 Å². The second-order valence-corrected chi connectivity index (χ2v) is 5.97. The van der Waals surface area contributed by atoms with Gasteiger partial charge in [0.2, 0.25) is 0 Å². The fourth-order valence-electron chi connectivity index (χ4n) is 2.51. The Hall–Kier alpha value is -1.47. The summed E-state index contributed by atoms with van der Waals surface area (Å²) < 4.78 is 16.5. The minimum Gasteiger partial charge on any atom is -0.478 e. The van der Waals surface area contributed by atoms with Gasteiger partial charge in [0, 0.05) is 13.2 Å². The maximum Gasteiger partial charge on any atom is 0.335 e. The Kier molecular flexibility index (Phi) is 12.7. The summed E-state index contributed by atoms with van der Waals surface area (Å²) in [4.78, 5) is 13.2. The molecule has 0 amide bonds. The molecule has 0 aliphatic rings. The number of hydrogen-bond acceptors (Lipinski definition) is 5. The van der Waals surface area contributed by atoms with Crippen molar-refractivity contribution in [1.82, 2.24) is 4.90 Å². The predicted molar refractivity (Wildman–Crippen MR) is 102 cm³/mol. The fourth-order valence-corrected chi connectivity index (χ4v) is 2.51. The van der Waals surface area contributed by atoms with Gasteiger partial charge in [0.15, 0.2) is 0 Å². The first-order valence-corrected chi connectivity index (χ1v) is 9.45. The Labute approximate surface area is 157 Å². The predicted octanol–water partition coefficient (Wildman–Crippen LogP) is 2.71. The van der Waals surface area contributed by atoms with Crippen LogP contribution in [-0.4, -0.2) is 75.3 Å². The lowest BCUT2D eigenvalue weighted by Gasteiger charge is -2.17. The third kappa shape index (κ3) is 10.5. The van der Waals surface area contributed by atoms with Gasteiger partial charge < -0.3 is 24.2 Å². The zero-order chi connectivity index (χ0) is 19.0. The molecule has 6 heteroatoms. The highest BCUT2D eigenvalue weighted by atomic mass is 16.5. The lowest BCUT2D eigenvalue weighted by atomic mass is 10.1. The van der Waals surface area contributed by atoms with E-state index in [4.69, 9.17) is 19.3 Å². The van der Waals surface area contributed by atoms with E-state index < -0.39 is 5.97 Å². The van der Waals surface area contributed by atoms with Crippen molar-refractivity contribution in [2.45, 2.75) is 26.7 Å². The van der Waals surface area contributed by atoms with Crippen LogP contribution in [0.3, 0.4) is 0 Å². The van der Waals surface area contributed by atoms with Gasteiger partial charge >= 0.3 is 5.97 Å². The van der Waals surface area contributed by atoms with E-state index in [0.717, 1.165) is 44.6 Å². The topological polar surface area (TPSA) is 68.2 Å². The number of carboxylic acid groups (broad SMARTS) is 1. The Balaban J connectivity index is 1.91. The molecular formula is C20H33NO5. The van der Waals surface area contributed by atoms with E-state index in [1.807, 2.05) is 6.07 Å². The van der Waals surface area contributed by atoms with Gasteiger partial charge in [-0.25, -0.2) is 4.79 Å². The molecule has 0 radical (unpaired) electrons. The first-order valence-electron chi connectivity index (χ1n) is 9.45. The highest BCUT2D eigenvalue weighted by Gasteiger charge is 2.03. The largest absolute Gasteiger partial charge is 0.478 e. The molecule has 0 aromatic heterocycles. The van der Waals surface area contributed by atoms with Crippen LogP contribution in [0.5, 0.6) is 0 Å². The van der Waals surface area contributed by atoms with Crippen molar-refractivity contribution in [3.05, 3.63) is 35.4 Å². The Morgan fingerprint density at radius 3 is 2.19 bits per heavy atom. The van der Waals surface area contributed by atoms with Crippen molar-refractivity contribution in [2.24, 2.45) is 0 Å². The van der Waals surface area contributed by atoms with E-state index in [1.54, 1.807) is 18.2 Å². The quantitative estimate of drug-likeness (QED) is 0.453. The fraction of sp³-hybridized carbons (Fsp3) is 0.650. The van der Waals surface area contributed by atoms with Crippen molar-refractivity contribution in [1.29, 1.82) is 0 Å². The summed E-state index contributed by atoms with van der Waals surface area (Å²) in [6, 6.07) is 7.03. The van der Waals surface area contributed by atoms with E-state index >= 15 is 0 Å². The molecule has 1 aromatic rings. The zero-order valence-corrected chi connectivity index (χ0v) is 16.1. The van der Waals surface area contributed by atoms with Crippen LogP contribution in [0.1, 0.15) is 36.2 Å². The number of nitrogens with zero attached hydrogens (tertiary/aromatic N) is 1. The van der Waals surface area contributed by atoms with Crippen molar-refractivity contribution < 1.29 is 24.1 Å². The van der Waals surface area contributed by atoms with Crippen LogP contribution >= 0.6 is 0 Å². The summed E-state index contributed by atoms with van der Waals surface area (Å²) >= 11 is 0. The van der Waals surface area contributed by atoms with E-state index in [1.165, 1.54) is 0 Å². The molecular weight excluding hydrogens is 334 g/mol. The van der Waals surface area contributed by atoms with Gasteiger partial charge in [0.1, 0.15) is 0 Å². The summed E-state index contributed by atoms with van der Waals surface area (Å²) in [5.74, 6) is -0.891. The van der Waals surface area contributed by atoms with Gasteiger partial charge in [-0.15, -0.1) is 0 Å². The maximum atomic E-state index is 10.9. The van der Waals surface area contributed by atoms with Crippen LogP contribution < -0.4 is 0 Å². The third-order valence-corrected chi connectivity index (χ3v) is 4.12. The number of hydrogen-bond donors (Lipinski definition) is 1. The van der Waals surface area contributed by atoms with Gasteiger partial charge in [-0.05, 0) is 43.6 Å². The lowest BCUT2D eigenvalue weighted by molar-refractivity contribution is 0.0107. The summed E-state index contributed by atoms with van der Waals surface area (Å²) in [7, 11) is 0. The van der Waals surface area contributed by atoms with Gasteiger partial charge in [-0.2, -0.15) is 0 Å². The highest BCUT2D eigenvalue weighted by Crippen LogP contribution is 2.07. The number of likely N-dealkylation sites (N-methyl/N-ethyl adjacent to an activating group) is 1. The number of carbonyl (C=O) groups is 1. The molecule has 0 spiro atoms. The molecule has 0 saturated heterocycles. The van der Waals surface area contributed by atoms with Crippen LogP contribution in [0, 0.1) is 0 Å². The van der Waals surface area contributed by atoms with Crippen molar-refractivity contribution >= 4 is 5.97 Å². The molecule has 0 saturated carbocycles. The molecule has 0 bridgehead atoms. The molecule has 1 N–H and O–H groups in total. The number of aryl methyl sites for hydroxylation is 1. The highest BCUT2D eigenvalue weighted by molar-refractivity contribution is 5.87. The van der Waals surface area contributed by atoms with E-state index in [2.05, 4.69) is 18.7 Å². The monoisotopic (exact) mass is 367 g/mol. The number of ether oxygens (including phenoxy) is 3. The molecule has 0 atom stereocenters. The Bertz CT molecular complexity index is 491. The minimum absolute atomic E-state index is 0.330. The summed E-state index contributed by atoms with van der Waals surface area (Å²) in [6.07, 6.45) is 1.67. The molecule has 26 heavy (non-hydrogen) atoms. The van der Waals surface area contributed by atoms with Crippen LogP contribution in [-0.2, 0) is 20.6 Å². The Morgan fingerprint density at radius 1 is 0.962 bits per heavy atom. The van der Waals surface area contributed by atoms with Crippen LogP contribution in [0.25, 0.3) is 0 Å². The number of rotatable bonds is 16. The molecule has 0 aliphatic heterocycles. The molecule has 148 valence electrons. The zero-order valence-electron chi connectivity index (χ0n) is 16.1. The van der Waals surface area contributed by atoms with E-state index in [-0.39, 0.29) is 0 Å². The van der Waals surface area contributed by atoms with Gasteiger partial charge in [-0.3, -0.25) is 0 Å². The van der Waals surface area contributed by atoms with Crippen molar-refractivity contribution in [2.75, 3.05) is 59.3 Å².